The van der Waals surface area contributed by atoms with E-state index in [1.807, 2.05) is 0 Å². The van der Waals surface area contributed by atoms with E-state index < -0.39 is 134 Å². The molecule has 3 fully saturated rings. The predicted molar refractivity (Wildman–Crippen MR) is 204 cm³/mol. The molecule has 0 aromatic carbocycles. The highest BCUT2D eigenvalue weighted by molar-refractivity contribution is 5.97. The SMILES string of the molecule is [3H]C1COC[C@@H](C(=O)NCC(=O)OC)NC(=O)[C@H](C(C)C)NC(=O)[C@H](C(C)C)NC(=O)[C@@H](NC(=O)[C@@H]2CCCN2C(=O)[C@@H]2CCCN2C(=O)OC(C)(C)C)COCC1[3H]. The van der Waals surface area contributed by atoms with Crippen LogP contribution in [-0.2, 0) is 52.5 Å². The van der Waals surface area contributed by atoms with Gasteiger partial charge in [0.2, 0.25) is 35.4 Å². The summed E-state index contributed by atoms with van der Waals surface area (Å²) in [5.41, 5.74) is -0.776. The van der Waals surface area contributed by atoms with Crippen LogP contribution in [0.5, 0.6) is 0 Å². The molecule has 8 atom stereocenters. The number of esters is 1. The van der Waals surface area contributed by atoms with Gasteiger partial charge in [-0.1, -0.05) is 27.7 Å². The molecule has 0 aliphatic carbocycles. The fourth-order valence-corrected chi connectivity index (χ4v) is 6.52. The highest BCUT2D eigenvalue weighted by Gasteiger charge is 2.44. The monoisotopic (exact) mass is 813 g/mol. The van der Waals surface area contributed by atoms with Crippen molar-refractivity contribution in [2.45, 2.75) is 129 Å². The van der Waals surface area contributed by atoms with Crippen molar-refractivity contribution in [1.29, 1.82) is 0 Å². The topological polar surface area (TPSA) is 240 Å². The van der Waals surface area contributed by atoms with Crippen molar-refractivity contribution in [3.8, 4) is 0 Å². The molecular formula is C38H63N7O12. The quantitative estimate of drug-likeness (QED) is 0.200. The first kappa shape index (κ1) is 43.6. The van der Waals surface area contributed by atoms with Gasteiger partial charge in [-0.2, -0.15) is 0 Å². The number of carbonyl (C=O) groups excluding carboxylic acids is 8. The fourth-order valence-electron chi connectivity index (χ4n) is 6.52. The zero-order valence-corrected chi connectivity index (χ0v) is 34.3. The second kappa shape index (κ2) is 21.9. The van der Waals surface area contributed by atoms with Crippen LogP contribution in [0.1, 0.15) is 89.7 Å². The molecule has 7 amide bonds. The van der Waals surface area contributed by atoms with Crippen LogP contribution in [0.3, 0.4) is 0 Å². The van der Waals surface area contributed by atoms with E-state index in [1.165, 1.54) is 9.80 Å². The molecule has 5 N–H and O–H groups in total. The van der Waals surface area contributed by atoms with Gasteiger partial charge in [0.15, 0.2) is 0 Å². The number of rotatable bonds is 8. The minimum atomic E-state index is -1.42. The molecule has 0 radical (unpaired) electrons. The van der Waals surface area contributed by atoms with Crippen LogP contribution in [0.2, 0.25) is 0 Å². The average molecular weight is 814 g/mol. The molecule has 0 spiro atoms. The van der Waals surface area contributed by atoms with E-state index in [0.717, 1.165) is 7.11 Å². The van der Waals surface area contributed by atoms with Gasteiger partial charge in [0.25, 0.3) is 0 Å². The minimum absolute atomic E-state index is 0.246. The molecule has 19 heteroatoms. The van der Waals surface area contributed by atoms with Crippen LogP contribution < -0.4 is 26.6 Å². The second-order valence-corrected chi connectivity index (χ2v) is 15.9. The van der Waals surface area contributed by atoms with Crippen LogP contribution in [0.25, 0.3) is 0 Å². The highest BCUT2D eigenvalue weighted by Crippen LogP contribution is 2.26. The van der Waals surface area contributed by atoms with E-state index in [4.69, 9.17) is 17.0 Å². The normalized spacial score (nSPS) is 29.2. The third kappa shape index (κ3) is 14.1. The molecule has 322 valence electrons. The molecular weight excluding hydrogens is 746 g/mol. The van der Waals surface area contributed by atoms with Crippen LogP contribution in [-0.4, -0.2) is 152 Å². The van der Waals surface area contributed by atoms with E-state index >= 15 is 0 Å². The number of carbonyl (C=O) groups is 8. The van der Waals surface area contributed by atoms with Gasteiger partial charge < -0.3 is 50.4 Å². The summed E-state index contributed by atoms with van der Waals surface area (Å²) in [7, 11) is 1.14. The fraction of sp³-hybridized carbons (Fsp3) is 0.789. The van der Waals surface area contributed by atoms with Gasteiger partial charge in [-0.3, -0.25) is 38.5 Å². The molecule has 57 heavy (non-hydrogen) atoms. The van der Waals surface area contributed by atoms with Gasteiger partial charge in [0.1, 0.15) is 48.4 Å². The van der Waals surface area contributed by atoms with Gasteiger partial charge in [-0.05, 0) is 71.1 Å². The van der Waals surface area contributed by atoms with Crippen molar-refractivity contribution >= 4 is 47.5 Å². The zero-order chi connectivity index (χ0) is 44.2. The summed E-state index contributed by atoms with van der Waals surface area (Å²) in [5.74, 6) is -6.00. The number of ether oxygens (including phenoxy) is 4. The Kier molecular flexibility index (Phi) is 16.7. The van der Waals surface area contributed by atoms with Crippen molar-refractivity contribution in [2.24, 2.45) is 11.8 Å². The largest absolute Gasteiger partial charge is 0.468 e. The van der Waals surface area contributed by atoms with Gasteiger partial charge in [0, 0.05) is 29.0 Å². The molecule has 2 unspecified atom stereocenters. The van der Waals surface area contributed by atoms with Crippen molar-refractivity contribution in [3.63, 3.8) is 0 Å². The molecule has 0 saturated carbocycles. The molecule has 3 heterocycles. The maximum atomic E-state index is 14.0. The molecule has 0 aromatic heterocycles. The van der Waals surface area contributed by atoms with E-state index in [2.05, 4.69) is 31.3 Å². The first-order valence-electron chi connectivity index (χ1n) is 20.7. The van der Waals surface area contributed by atoms with Crippen molar-refractivity contribution in [1.82, 2.24) is 36.4 Å². The lowest BCUT2D eigenvalue weighted by Crippen LogP contribution is -2.62. The summed E-state index contributed by atoms with van der Waals surface area (Å²) in [6, 6.07) is -7.04. The Morgan fingerprint density at radius 1 is 0.807 bits per heavy atom. The van der Waals surface area contributed by atoms with Crippen molar-refractivity contribution in [2.75, 3.05) is 53.2 Å². The van der Waals surface area contributed by atoms with Gasteiger partial charge >= 0.3 is 12.1 Å². The summed E-state index contributed by atoms with van der Waals surface area (Å²) >= 11 is 0. The number of hydrogen-bond donors (Lipinski definition) is 5. The van der Waals surface area contributed by atoms with E-state index in [9.17, 15) is 38.4 Å². The van der Waals surface area contributed by atoms with Gasteiger partial charge in [-0.15, -0.1) is 0 Å². The molecule has 19 nitrogen and oxygen atoms in total. The van der Waals surface area contributed by atoms with Crippen molar-refractivity contribution in [3.05, 3.63) is 0 Å². The van der Waals surface area contributed by atoms with E-state index in [-0.39, 0.29) is 26.2 Å². The molecule has 0 bridgehead atoms. The lowest BCUT2D eigenvalue weighted by atomic mass is 9.99. The number of hydrogen-bond acceptors (Lipinski definition) is 12. The maximum absolute atomic E-state index is 14.0. The molecule has 3 aliphatic rings. The first-order chi connectivity index (χ1) is 27.6. The van der Waals surface area contributed by atoms with E-state index in [1.54, 1.807) is 48.5 Å². The van der Waals surface area contributed by atoms with Crippen LogP contribution >= 0.6 is 0 Å². The summed E-state index contributed by atoms with van der Waals surface area (Å²) in [6.45, 7) is 10.2. The molecule has 0 aromatic rings. The molecule has 3 rings (SSSR count). The maximum Gasteiger partial charge on any atom is 0.410 e. The summed E-state index contributed by atoms with van der Waals surface area (Å²) < 4.78 is 38.3. The van der Waals surface area contributed by atoms with Crippen LogP contribution in [0, 0.1) is 11.8 Å². The Morgan fingerprint density at radius 2 is 1.35 bits per heavy atom. The Labute approximate surface area is 337 Å². The zero-order valence-electron chi connectivity index (χ0n) is 36.3. The molecule has 3 saturated heterocycles. The van der Waals surface area contributed by atoms with E-state index in [0.29, 0.717) is 25.8 Å². The predicted octanol–water partition coefficient (Wildman–Crippen LogP) is -0.256. The van der Waals surface area contributed by atoms with Gasteiger partial charge in [-0.25, -0.2) is 4.79 Å². The third-order valence-electron chi connectivity index (χ3n) is 9.56. The van der Waals surface area contributed by atoms with Crippen molar-refractivity contribution < 1.29 is 60.0 Å². The van der Waals surface area contributed by atoms with Crippen LogP contribution in [0.4, 0.5) is 4.79 Å². The summed E-state index contributed by atoms with van der Waals surface area (Å²) in [5, 5.41) is 12.9. The lowest BCUT2D eigenvalue weighted by Gasteiger charge is -2.33. The Bertz CT molecular complexity index is 1530. The highest BCUT2D eigenvalue weighted by atomic mass is 16.6. The Morgan fingerprint density at radius 3 is 1.93 bits per heavy atom. The first-order valence-corrected chi connectivity index (χ1v) is 19.5. The average Bonchev–Trinajstić information content (AvgIpc) is 3.86. The van der Waals surface area contributed by atoms with Crippen LogP contribution in [0.15, 0.2) is 0 Å². The number of methoxy groups -OCH3 is 1. The number of nitrogens with zero attached hydrogens (tertiary/aromatic N) is 2. The number of likely N-dealkylation sites (tertiary alicyclic amines) is 2. The smallest absolute Gasteiger partial charge is 0.410 e. The second-order valence-electron chi connectivity index (χ2n) is 15.9. The summed E-state index contributed by atoms with van der Waals surface area (Å²) in [4.78, 5) is 110. The summed E-state index contributed by atoms with van der Waals surface area (Å²) in [6.07, 6.45) is -1.33. The lowest BCUT2D eigenvalue weighted by molar-refractivity contribution is -0.143. The molecule has 3 aliphatic heterocycles. The number of nitrogens with one attached hydrogen (secondary N) is 5. The number of amides is 7. The Balaban J connectivity index is 1.85. The standard InChI is InChI=1S/C38H63N7O12/c1-22(2)29-34(50)41-24(31(47)39-19-28(46)54-8)20-55-17-9-10-18-56-21-25(32(48)42-30(23(3)4)35(51)43-29)40-33(49)26-13-11-15-44(26)36(52)27-14-12-16-45(27)37(53)57-38(5,6)7/h22-27,29-30H,9-21H2,1-8H3,(H,39,47)(H,40,49)(H,41,50)(H,42,48)(H,43,51)/t24-,25-,26-,27-,29-,30-/m0/s1/i9T,10T/t9?,10?,24-,25-,26-,27-,29-,30-. The van der Waals surface area contributed by atoms with Gasteiger partial charge in [0.05, 0.1) is 20.3 Å². The minimum Gasteiger partial charge on any atom is -0.468 e. The third-order valence-corrected chi connectivity index (χ3v) is 9.56. The Hall–Kier alpha value is -4.52.